The van der Waals surface area contributed by atoms with Gasteiger partial charge in [-0.05, 0) is 36.2 Å². The van der Waals surface area contributed by atoms with Gasteiger partial charge >= 0.3 is 5.97 Å². The molecule has 0 saturated carbocycles. The van der Waals surface area contributed by atoms with Gasteiger partial charge in [0.1, 0.15) is 19.6 Å². The molecule has 3 aromatic rings. The van der Waals surface area contributed by atoms with Crippen LogP contribution < -0.4 is 4.90 Å². The minimum atomic E-state index is -0.292. The second-order valence-electron chi connectivity index (χ2n) is 7.55. The molecule has 0 aliphatic rings. The zero-order valence-corrected chi connectivity index (χ0v) is 18.1. The second kappa shape index (κ2) is 10.8. The Hall–Kier alpha value is -2.89. The predicted octanol–water partition coefficient (Wildman–Crippen LogP) is 2.86. The first-order valence-electron chi connectivity index (χ1n) is 10.3. The number of carbonyl (C=O) groups excluding carboxylic acids is 1. The van der Waals surface area contributed by atoms with Crippen molar-refractivity contribution in [2.24, 2.45) is 0 Å². The van der Waals surface area contributed by atoms with Gasteiger partial charge in [0.15, 0.2) is 0 Å². The topological polar surface area (TPSA) is 44.9 Å². The highest BCUT2D eigenvalue weighted by Crippen LogP contribution is 2.12. The number of esters is 1. The molecule has 5 nitrogen and oxygen atoms in total. The van der Waals surface area contributed by atoms with Crippen molar-refractivity contribution in [3.8, 4) is 0 Å². The Labute approximate surface area is 178 Å². The molecular formula is C25H31N2O3+. The van der Waals surface area contributed by atoms with E-state index >= 15 is 0 Å². The van der Waals surface area contributed by atoms with E-state index in [0.717, 1.165) is 31.7 Å². The molecule has 1 unspecified atom stereocenters. The number of aromatic nitrogens is 1. The molecule has 0 fully saturated rings. The molecule has 0 aliphatic carbocycles. The van der Waals surface area contributed by atoms with Gasteiger partial charge in [0.25, 0.3) is 0 Å². The van der Waals surface area contributed by atoms with E-state index in [1.165, 1.54) is 28.8 Å². The second-order valence-corrected chi connectivity index (χ2v) is 7.55. The van der Waals surface area contributed by atoms with E-state index in [1.54, 1.807) is 7.11 Å². The van der Waals surface area contributed by atoms with Gasteiger partial charge in [-0.3, -0.25) is 0 Å². The molecular weight excluding hydrogens is 376 g/mol. The van der Waals surface area contributed by atoms with Gasteiger partial charge in [-0.25, -0.2) is 4.79 Å². The number of ether oxygens (including phenoxy) is 2. The van der Waals surface area contributed by atoms with Crippen LogP contribution in [-0.4, -0.2) is 37.9 Å². The fraction of sp³-hybridized carbons (Fsp3) is 0.320. The number of hydrogen-bond donors (Lipinski definition) is 1. The number of rotatable bonds is 10. The number of quaternary nitrogens is 1. The Morgan fingerprint density at radius 3 is 2.40 bits per heavy atom. The number of nitrogens with one attached hydrogen (secondary N) is 1. The standard InChI is InChI=1S/C25H30N2O3/c1-20-9-4-5-10-21(20)18-27-14-8-12-23(27)19-26(15-16-29-2)17-22-11-6-7-13-24(22)25(28)30-3/h4-14H,15-19H2,1-3H3/p+1. The van der Waals surface area contributed by atoms with Crippen molar-refractivity contribution in [2.75, 3.05) is 27.4 Å². The van der Waals surface area contributed by atoms with Gasteiger partial charge in [-0.1, -0.05) is 42.5 Å². The highest BCUT2D eigenvalue weighted by atomic mass is 16.5. The zero-order valence-electron chi connectivity index (χ0n) is 18.1. The SMILES string of the molecule is COCC[NH+](Cc1ccccc1C(=O)OC)Cc1cccn1Cc1ccccc1C. The van der Waals surface area contributed by atoms with Crippen molar-refractivity contribution < 1.29 is 19.2 Å². The van der Waals surface area contributed by atoms with Crippen LogP contribution in [0, 0.1) is 6.92 Å². The van der Waals surface area contributed by atoms with Crippen LogP contribution in [0.25, 0.3) is 0 Å². The van der Waals surface area contributed by atoms with Gasteiger partial charge in [-0.2, -0.15) is 0 Å². The first kappa shape index (κ1) is 21.8. The molecule has 158 valence electrons. The van der Waals surface area contributed by atoms with Crippen molar-refractivity contribution in [1.82, 2.24) is 4.57 Å². The minimum Gasteiger partial charge on any atom is -0.465 e. The summed E-state index contributed by atoms with van der Waals surface area (Å²) in [6.45, 7) is 6.08. The number of carbonyl (C=O) groups is 1. The van der Waals surface area contributed by atoms with Crippen molar-refractivity contribution in [1.29, 1.82) is 0 Å². The fourth-order valence-corrected chi connectivity index (χ4v) is 3.73. The lowest BCUT2D eigenvalue weighted by Crippen LogP contribution is -3.10. The molecule has 0 amide bonds. The maximum Gasteiger partial charge on any atom is 0.338 e. The molecule has 3 rings (SSSR count). The van der Waals surface area contributed by atoms with Crippen molar-refractivity contribution in [2.45, 2.75) is 26.6 Å². The average molecular weight is 408 g/mol. The smallest absolute Gasteiger partial charge is 0.338 e. The van der Waals surface area contributed by atoms with Crippen LogP contribution in [0.1, 0.15) is 32.7 Å². The molecule has 0 bridgehead atoms. The number of hydrogen-bond acceptors (Lipinski definition) is 3. The van der Waals surface area contributed by atoms with Crippen LogP contribution in [0.3, 0.4) is 0 Å². The highest BCUT2D eigenvalue weighted by molar-refractivity contribution is 5.90. The Morgan fingerprint density at radius 2 is 1.67 bits per heavy atom. The molecule has 1 N–H and O–H groups in total. The molecule has 2 aromatic carbocycles. The summed E-state index contributed by atoms with van der Waals surface area (Å²) in [5, 5.41) is 0. The third-order valence-corrected chi connectivity index (χ3v) is 5.48. The number of methoxy groups -OCH3 is 2. The number of nitrogens with zero attached hydrogens (tertiary/aromatic N) is 1. The van der Waals surface area contributed by atoms with Crippen LogP contribution in [0.15, 0.2) is 66.9 Å². The molecule has 30 heavy (non-hydrogen) atoms. The summed E-state index contributed by atoms with van der Waals surface area (Å²) in [5.41, 5.74) is 5.51. The quantitative estimate of drug-likeness (QED) is 0.526. The van der Waals surface area contributed by atoms with Gasteiger partial charge in [-0.15, -0.1) is 0 Å². The van der Waals surface area contributed by atoms with E-state index in [-0.39, 0.29) is 5.97 Å². The first-order chi connectivity index (χ1) is 14.6. The minimum absolute atomic E-state index is 0.292. The van der Waals surface area contributed by atoms with Crippen molar-refractivity contribution in [3.05, 3.63) is 94.8 Å². The maximum atomic E-state index is 12.2. The lowest BCUT2D eigenvalue weighted by molar-refractivity contribution is -0.928. The average Bonchev–Trinajstić information content (AvgIpc) is 3.20. The third-order valence-electron chi connectivity index (χ3n) is 5.48. The van der Waals surface area contributed by atoms with Gasteiger partial charge < -0.3 is 18.9 Å². The molecule has 1 heterocycles. The third kappa shape index (κ3) is 5.59. The monoisotopic (exact) mass is 407 g/mol. The van der Waals surface area contributed by atoms with Crippen molar-refractivity contribution in [3.63, 3.8) is 0 Å². The largest absolute Gasteiger partial charge is 0.465 e. The summed E-state index contributed by atoms with van der Waals surface area (Å²) in [6, 6.07) is 20.5. The summed E-state index contributed by atoms with van der Waals surface area (Å²) in [4.78, 5) is 13.5. The molecule has 1 atom stereocenters. The highest BCUT2D eigenvalue weighted by Gasteiger charge is 2.18. The van der Waals surface area contributed by atoms with Crippen LogP contribution in [0.2, 0.25) is 0 Å². The molecule has 1 aromatic heterocycles. The van der Waals surface area contributed by atoms with E-state index in [1.807, 2.05) is 24.3 Å². The summed E-state index contributed by atoms with van der Waals surface area (Å²) < 4.78 is 12.6. The Morgan fingerprint density at radius 1 is 0.933 bits per heavy atom. The van der Waals surface area contributed by atoms with E-state index < -0.39 is 0 Å². The van der Waals surface area contributed by atoms with Crippen LogP contribution in [0.5, 0.6) is 0 Å². The van der Waals surface area contributed by atoms with Crippen LogP contribution in [-0.2, 0) is 29.1 Å². The first-order valence-corrected chi connectivity index (χ1v) is 10.3. The Kier molecular flexibility index (Phi) is 7.82. The number of benzene rings is 2. The summed E-state index contributed by atoms with van der Waals surface area (Å²) in [7, 11) is 3.15. The molecule has 0 spiro atoms. The van der Waals surface area contributed by atoms with Gasteiger partial charge in [0.2, 0.25) is 0 Å². The number of aryl methyl sites for hydroxylation is 1. The fourth-order valence-electron chi connectivity index (χ4n) is 3.73. The van der Waals surface area contributed by atoms with E-state index in [2.05, 4.69) is 54.1 Å². The maximum absolute atomic E-state index is 12.2. The van der Waals surface area contributed by atoms with Crippen LogP contribution >= 0.6 is 0 Å². The zero-order chi connectivity index (χ0) is 21.3. The summed E-state index contributed by atoms with van der Waals surface area (Å²) >= 11 is 0. The Bertz CT molecular complexity index is 964. The normalized spacial score (nSPS) is 12.0. The molecule has 0 saturated heterocycles. The molecule has 0 radical (unpaired) electrons. The van der Waals surface area contributed by atoms with E-state index in [4.69, 9.17) is 9.47 Å². The summed E-state index contributed by atoms with van der Waals surface area (Å²) in [6.07, 6.45) is 2.14. The molecule has 0 aliphatic heterocycles. The summed E-state index contributed by atoms with van der Waals surface area (Å²) in [5.74, 6) is -0.292. The predicted molar refractivity (Wildman–Crippen MR) is 118 cm³/mol. The lowest BCUT2D eigenvalue weighted by Gasteiger charge is -2.21. The van der Waals surface area contributed by atoms with Crippen molar-refractivity contribution >= 4 is 5.97 Å². The Balaban J connectivity index is 1.79. The van der Waals surface area contributed by atoms with Gasteiger partial charge in [0, 0.05) is 25.4 Å². The van der Waals surface area contributed by atoms with Crippen LogP contribution in [0.4, 0.5) is 0 Å². The van der Waals surface area contributed by atoms with E-state index in [9.17, 15) is 4.79 Å². The van der Waals surface area contributed by atoms with E-state index in [0.29, 0.717) is 12.2 Å². The lowest BCUT2D eigenvalue weighted by atomic mass is 10.1. The van der Waals surface area contributed by atoms with Gasteiger partial charge in [0.05, 0.1) is 25.0 Å². The molecule has 5 heteroatoms.